The molecule has 1 N–H and O–H groups in total. The van der Waals surface area contributed by atoms with E-state index in [2.05, 4.69) is 11.4 Å². The molecule has 0 spiro atoms. The Morgan fingerprint density at radius 2 is 2.30 bits per heavy atom. The number of likely N-dealkylation sites (tertiary alicyclic amines) is 1. The van der Waals surface area contributed by atoms with E-state index in [1.165, 1.54) is 23.7 Å². The Morgan fingerprint density at radius 3 is 3.00 bits per heavy atom. The van der Waals surface area contributed by atoms with Crippen LogP contribution < -0.4 is 5.32 Å². The van der Waals surface area contributed by atoms with Crippen LogP contribution in [0.2, 0.25) is 0 Å². The van der Waals surface area contributed by atoms with Gasteiger partial charge in [0.05, 0.1) is 18.1 Å². The second-order valence-corrected chi connectivity index (χ2v) is 8.74. The second-order valence-electron chi connectivity index (χ2n) is 7.63. The highest BCUT2D eigenvalue weighted by Crippen LogP contribution is 2.38. The van der Waals surface area contributed by atoms with Crippen molar-refractivity contribution in [1.29, 1.82) is 5.26 Å². The molecule has 30 heavy (non-hydrogen) atoms. The average Bonchev–Trinajstić information content (AvgIpc) is 3.45. The standard InChI is InChI=1S/C22H23N3O4S/c1-14-3-2-9-25(14)22(27)29-16-5-6-17-18(12-23)21(30-19(17)11-16)24-20(26)7-4-15-8-10-28-13-15/h4,7-8,10,13-14,16H,2-3,5-6,9,11H2,1H3,(H,24,26)/b7-4+. The van der Waals surface area contributed by atoms with Gasteiger partial charge in [-0.2, -0.15) is 5.26 Å². The molecule has 156 valence electrons. The van der Waals surface area contributed by atoms with E-state index < -0.39 is 0 Å². The van der Waals surface area contributed by atoms with Gasteiger partial charge in [0.15, 0.2) is 0 Å². The van der Waals surface area contributed by atoms with Crippen molar-refractivity contribution in [2.45, 2.75) is 51.2 Å². The van der Waals surface area contributed by atoms with Crippen LogP contribution in [-0.2, 0) is 22.4 Å². The lowest BCUT2D eigenvalue weighted by atomic mass is 9.94. The molecular formula is C22H23N3O4S. The Bertz CT molecular complexity index is 1000. The maximum absolute atomic E-state index is 12.5. The van der Waals surface area contributed by atoms with E-state index >= 15 is 0 Å². The number of hydrogen-bond acceptors (Lipinski definition) is 6. The van der Waals surface area contributed by atoms with Crippen LogP contribution in [0, 0.1) is 11.3 Å². The van der Waals surface area contributed by atoms with E-state index in [0.29, 0.717) is 29.8 Å². The fourth-order valence-electron chi connectivity index (χ4n) is 3.97. The molecule has 1 aliphatic carbocycles. The predicted molar refractivity (Wildman–Crippen MR) is 113 cm³/mol. The van der Waals surface area contributed by atoms with Gasteiger partial charge < -0.3 is 19.4 Å². The van der Waals surface area contributed by atoms with Crippen LogP contribution in [0.5, 0.6) is 0 Å². The van der Waals surface area contributed by atoms with Gasteiger partial charge in [-0.05, 0) is 50.3 Å². The van der Waals surface area contributed by atoms with Gasteiger partial charge >= 0.3 is 6.09 Å². The molecule has 2 atom stereocenters. The predicted octanol–water partition coefficient (Wildman–Crippen LogP) is 4.34. The number of ether oxygens (including phenoxy) is 1. The number of furan rings is 1. The molecule has 0 bridgehead atoms. The number of carbonyl (C=O) groups is 2. The fourth-order valence-corrected chi connectivity index (χ4v) is 5.24. The maximum Gasteiger partial charge on any atom is 0.410 e. The Hall–Kier alpha value is -3.05. The molecule has 1 aliphatic heterocycles. The van der Waals surface area contributed by atoms with Crippen molar-refractivity contribution in [2.75, 3.05) is 11.9 Å². The quantitative estimate of drug-likeness (QED) is 0.735. The zero-order valence-corrected chi connectivity index (χ0v) is 17.5. The summed E-state index contributed by atoms with van der Waals surface area (Å²) < 4.78 is 10.7. The van der Waals surface area contributed by atoms with Crippen molar-refractivity contribution in [2.24, 2.45) is 0 Å². The van der Waals surface area contributed by atoms with Crippen LogP contribution in [0.4, 0.5) is 9.80 Å². The first-order valence-corrected chi connectivity index (χ1v) is 10.9. The summed E-state index contributed by atoms with van der Waals surface area (Å²) in [6, 6.07) is 4.20. The van der Waals surface area contributed by atoms with E-state index in [0.717, 1.165) is 35.4 Å². The normalized spacial score (nSPS) is 20.7. The number of thiophene rings is 1. The van der Waals surface area contributed by atoms with Crippen LogP contribution >= 0.6 is 11.3 Å². The molecule has 2 aromatic rings. The molecule has 4 rings (SSSR count). The number of rotatable bonds is 4. The summed E-state index contributed by atoms with van der Waals surface area (Å²) in [6.45, 7) is 2.79. The van der Waals surface area contributed by atoms with E-state index in [-0.39, 0.29) is 24.1 Å². The number of nitrogens with one attached hydrogen (secondary N) is 1. The Morgan fingerprint density at radius 1 is 1.43 bits per heavy atom. The SMILES string of the molecule is CC1CCCN1C(=O)OC1CCc2c(sc(NC(=O)/C=C/c3ccoc3)c2C#N)C1. The van der Waals surface area contributed by atoms with Gasteiger partial charge in [0, 0.05) is 35.5 Å². The molecule has 0 saturated carbocycles. The first-order chi connectivity index (χ1) is 14.5. The lowest BCUT2D eigenvalue weighted by Crippen LogP contribution is -2.37. The minimum absolute atomic E-state index is 0.201. The molecule has 0 aromatic carbocycles. The van der Waals surface area contributed by atoms with Crippen LogP contribution in [0.3, 0.4) is 0 Å². The van der Waals surface area contributed by atoms with Crippen molar-refractivity contribution >= 4 is 34.4 Å². The number of anilines is 1. The minimum atomic E-state index is -0.308. The highest BCUT2D eigenvalue weighted by atomic mass is 32.1. The van der Waals surface area contributed by atoms with Crippen LogP contribution in [0.25, 0.3) is 6.08 Å². The number of carbonyl (C=O) groups excluding carboxylic acids is 2. The zero-order chi connectivity index (χ0) is 21.1. The Balaban J connectivity index is 1.42. The van der Waals surface area contributed by atoms with Crippen molar-refractivity contribution in [1.82, 2.24) is 4.90 Å². The fraction of sp³-hybridized carbons (Fsp3) is 0.409. The van der Waals surface area contributed by atoms with E-state index in [4.69, 9.17) is 9.15 Å². The minimum Gasteiger partial charge on any atom is -0.472 e. The van der Waals surface area contributed by atoms with Gasteiger partial charge in [-0.1, -0.05) is 0 Å². The maximum atomic E-state index is 12.5. The highest BCUT2D eigenvalue weighted by Gasteiger charge is 2.32. The topological polar surface area (TPSA) is 95.6 Å². The molecule has 1 fully saturated rings. The third-order valence-corrected chi connectivity index (χ3v) is 6.76. The van der Waals surface area contributed by atoms with Crippen LogP contribution in [0.1, 0.15) is 47.8 Å². The molecule has 8 heteroatoms. The monoisotopic (exact) mass is 425 g/mol. The summed E-state index contributed by atoms with van der Waals surface area (Å²) in [6.07, 6.45) is 9.62. The summed E-state index contributed by atoms with van der Waals surface area (Å²) in [7, 11) is 0. The number of nitriles is 1. The van der Waals surface area contributed by atoms with Gasteiger partial charge in [0.2, 0.25) is 5.91 Å². The molecule has 7 nitrogen and oxygen atoms in total. The molecule has 3 heterocycles. The van der Waals surface area contributed by atoms with E-state index in [9.17, 15) is 14.9 Å². The summed E-state index contributed by atoms with van der Waals surface area (Å²) in [5, 5.41) is 13.0. The van der Waals surface area contributed by atoms with Gasteiger partial charge in [0.25, 0.3) is 0 Å². The second kappa shape index (κ2) is 8.76. The van der Waals surface area contributed by atoms with Crippen molar-refractivity contribution < 1.29 is 18.7 Å². The third-order valence-electron chi connectivity index (χ3n) is 5.59. The molecule has 2 aromatic heterocycles. The highest BCUT2D eigenvalue weighted by molar-refractivity contribution is 7.16. The number of fused-ring (bicyclic) bond motifs is 1. The van der Waals surface area contributed by atoms with Crippen LogP contribution in [0.15, 0.2) is 29.1 Å². The molecule has 0 radical (unpaired) electrons. The average molecular weight is 426 g/mol. The molecule has 1 saturated heterocycles. The van der Waals surface area contributed by atoms with Crippen molar-refractivity contribution in [3.8, 4) is 6.07 Å². The lowest BCUT2D eigenvalue weighted by Gasteiger charge is -2.27. The molecular weight excluding hydrogens is 402 g/mol. The summed E-state index contributed by atoms with van der Waals surface area (Å²) >= 11 is 1.39. The van der Waals surface area contributed by atoms with Crippen LogP contribution in [-0.4, -0.2) is 35.6 Å². The van der Waals surface area contributed by atoms with Crippen molar-refractivity contribution in [3.05, 3.63) is 46.2 Å². The third kappa shape index (κ3) is 4.26. The lowest BCUT2D eigenvalue weighted by molar-refractivity contribution is -0.111. The largest absolute Gasteiger partial charge is 0.472 e. The summed E-state index contributed by atoms with van der Waals surface area (Å²) in [4.78, 5) is 27.5. The first kappa shape index (κ1) is 20.2. The van der Waals surface area contributed by atoms with Gasteiger partial charge in [-0.3, -0.25) is 4.79 Å². The number of amides is 2. The Labute approximate surface area is 178 Å². The van der Waals surface area contributed by atoms with Gasteiger partial charge in [-0.25, -0.2) is 4.79 Å². The number of hydrogen-bond donors (Lipinski definition) is 1. The van der Waals surface area contributed by atoms with Gasteiger partial charge in [-0.15, -0.1) is 11.3 Å². The van der Waals surface area contributed by atoms with Gasteiger partial charge in [0.1, 0.15) is 17.2 Å². The summed E-state index contributed by atoms with van der Waals surface area (Å²) in [5.74, 6) is -0.308. The zero-order valence-electron chi connectivity index (χ0n) is 16.7. The van der Waals surface area contributed by atoms with Crippen molar-refractivity contribution in [3.63, 3.8) is 0 Å². The summed E-state index contributed by atoms with van der Waals surface area (Å²) in [5.41, 5.74) is 2.25. The molecule has 2 amide bonds. The molecule has 2 aliphatic rings. The molecule has 2 unspecified atom stereocenters. The van der Waals surface area contributed by atoms with E-state index in [1.807, 2.05) is 6.92 Å². The van der Waals surface area contributed by atoms with E-state index in [1.54, 1.807) is 23.3 Å². The smallest absolute Gasteiger partial charge is 0.410 e. The Kier molecular flexibility index (Phi) is 5.91. The first-order valence-electron chi connectivity index (χ1n) is 10.1. The number of nitrogens with zero attached hydrogens (tertiary/aromatic N) is 2.